The van der Waals surface area contributed by atoms with Crippen molar-refractivity contribution in [1.82, 2.24) is 15.0 Å². The summed E-state index contributed by atoms with van der Waals surface area (Å²) in [6, 6.07) is 4.13. The Morgan fingerprint density at radius 3 is 2.23 bits per heavy atom. The van der Waals surface area contributed by atoms with Gasteiger partial charge in [0.25, 0.3) is 6.04 Å². The molecule has 2 aliphatic rings. The van der Waals surface area contributed by atoms with Crippen molar-refractivity contribution in [2.45, 2.75) is 69.5 Å². The maximum Gasteiger partial charge on any atom is 0.374 e. The first-order valence-electron chi connectivity index (χ1n) is 13.8. The number of halogens is 1. The van der Waals surface area contributed by atoms with Crippen molar-refractivity contribution in [2.75, 3.05) is 49.8 Å². The summed E-state index contributed by atoms with van der Waals surface area (Å²) in [6.07, 6.45) is 8.10. The lowest BCUT2D eigenvalue weighted by Crippen LogP contribution is -2.64. The van der Waals surface area contributed by atoms with Crippen LogP contribution in [0.4, 0.5) is 23.5 Å². The number of likely N-dealkylation sites (tertiary alicyclic amines) is 1. The van der Waals surface area contributed by atoms with Crippen molar-refractivity contribution in [3.8, 4) is 5.75 Å². The summed E-state index contributed by atoms with van der Waals surface area (Å²) in [5.41, 5.74) is 0.699. The number of carbonyl (C=O) groups is 2. The van der Waals surface area contributed by atoms with Crippen LogP contribution in [0.15, 0.2) is 18.2 Å². The van der Waals surface area contributed by atoms with Gasteiger partial charge >= 0.3 is 11.9 Å². The number of ether oxygens (including phenoxy) is 1. The molecule has 1 aliphatic carbocycles. The third-order valence-corrected chi connectivity index (χ3v) is 8.42. The smallest absolute Gasteiger partial charge is 0.374 e. The normalized spacial score (nSPS) is 21.9. The van der Waals surface area contributed by atoms with Gasteiger partial charge in [-0.2, -0.15) is 15.0 Å². The minimum atomic E-state index is -1.49. The second-order valence-electron chi connectivity index (χ2n) is 10.9. The quantitative estimate of drug-likeness (QED) is 0.185. The van der Waals surface area contributed by atoms with Crippen LogP contribution in [0.2, 0.25) is 5.02 Å². The fraction of sp³-hybridized carbons (Fsp3) is 0.593. The zero-order valence-corrected chi connectivity index (χ0v) is 24.0. The zero-order chi connectivity index (χ0) is 28.9. The lowest BCUT2D eigenvalue weighted by molar-refractivity contribution is -0.922. The number of hydrogen-bond acceptors (Lipinski definition) is 9. The Hall–Kier alpha value is -3.38. The Bertz CT molecular complexity index is 1190. The average molecular weight is 577 g/mol. The van der Waals surface area contributed by atoms with Crippen LogP contribution in [0.3, 0.4) is 0 Å². The van der Waals surface area contributed by atoms with Gasteiger partial charge in [0.1, 0.15) is 5.75 Å². The molecule has 13 heteroatoms. The number of piperidine rings is 1. The number of nitrogens with zero attached hydrogens (tertiary/aromatic N) is 5. The Labute approximate surface area is 239 Å². The summed E-state index contributed by atoms with van der Waals surface area (Å²) in [6.45, 7) is 0.817. The van der Waals surface area contributed by atoms with E-state index in [0.29, 0.717) is 60.2 Å². The van der Waals surface area contributed by atoms with Gasteiger partial charge in [-0.15, -0.1) is 0 Å². The largest absolute Gasteiger partial charge is 0.495 e. The third-order valence-electron chi connectivity index (χ3n) is 8.12. The van der Waals surface area contributed by atoms with Crippen LogP contribution in [0.5, 0.6) is 5.75 Å². The lowest BCUT2D eigenvalue weighted by atomic mass is 9.99. The molecule has 1 aromatic heterocycles. The van der Waals surface area contributed by atoms with Gasteiger partial charge in [-0.1, -0.05) is 37.3 Å². The number of quaternary nitrogens is 1. The number of hydrogen-bond donors (Lipinski definition) is 4. The molecule has 4 rings (SSSR count). The van der Waals surface area contributed by atoms with Crippen molar-refractivity contribution in [2.24, 2.45) is 0 Å². The molecular weight excluding hydrogens is 538 g/mol. The first-order chi connectivity index (χ1) is 19.1. The molecule has 1 aliphatic heterocycles. The summed E-state index contributed by atoms with van der Waals surface area (Å²) in [5.74, 6) is -0.746. The summed E-state index contributed by atoms with van der Waals surface area (Å²) in [7, 11) is 5.16. The predicted octanol–water partition coefficient (Wildman–Crippen LogP) is 3.99. The van der Waals surface area contributed by atoms with Crippen molar-refractivity contribution in [3.05, 3.63) is 23.2 Å². The van der Waals surface area contributed by atoms with Gasteiger partial charge in [0.05, 0.1) is 32.3 Å². The van der Waals surface area contributed by atoms with Gasteiger partial charge in [0.15, 0.2) is 0 Å². The maximum absolute atomic E-state index is 11.7. The van der Waals surface area contributed by atoms with Crippen LogP contribution in [0.1, 0.15) is 51.4 Å². The molecule has 2 fully saturated rings. The minimum Gasteiger partial charge on any atom is -0.495 e. The number of carboxylic acid groups (broad SMARTS) is 2. The first kappa shape index (κ1) is 29.6. The molecular formula is C27H39ClN7O5+. The molecule has 12 nitrogen and oxygen atoms in total. The fourth-order valence-electron chi connectivity index (χ4n) is 5.71. The van der Waals surface area contributed by atoms with E-state index in [1.54, 1.807) is 26.3 Å². The van der Waals surface area contributed by atoms with Gasteiger partial charge in [-0.3, -0.25) is 0 Å². The minimum absolute atomic E-state index is 0.00542. The summed E-state index contributed by atoms with van der Waals surface area (Å²) < 4.78 is 5.20. The molecule has 40 heavy (non-hydrogen) atoms. The molecule has 0 spiro atoms. The molecule has 0 atom stereocenters. The number of carboxylic acids is 2. The van der Waals surface area contributed by atoms with E-state index in [1.165, 1.54) is 12.8 Å². The molecule has 4 N–H and O–H groups in total. The molecule has 0 unspecified atom stereocenters. The highest BCUT2D eigenvalue weighted by molar-refractivity contribution is 6.32. The SMILES string of the molecule is COc1ccc(Nc2nc(NC3CCCCCC3)nc(N(C)C3CC[N+](C)(C(C(=O)O)C(=O)O)CC3)n2)cc1Cl. The highest BCUT2D eigenvalue weighted by Gasteiger charge is 2.47. The number of nitrogens with one attached hydrogen (secondary N) is 2. The van der Waals surface area contributed by atoms with E-state index in [-0.39, 0.29) is 16.6 Å². The van der Waals surface area contributed by atoms with Gasteiger partial charge in [0.2, 0.25) is 17.8 Å². The Balaban J connectivity index is 1.56. The van der Waals surface area contributed by atoms with Crippen molar-refractivity contribution < 1.29 is 29.0 Å². The lowest BCUT2D eigenvalue weighted by Gasteiger charge is -2.44. The van der Waals surface area contributed by atoms with Crippen LogP contribution in [-0.4, -0.2) is 94.0 Å². The van der Waals surface area contributed by atoms with Crippen molar-refractivity contribution in [1.29, 1.82) is 0 Å². The summed E-state index contributed by atoms with van der Waals surface area (Å²) >= 11 is 6.33. The van der Waals surface area contributed by atoms with Gasteiger partial charge in [-0.25, -0.2) is 9.59 Å². The number of methoxy groups -OCH3 is 1. The zero-order valence-electron chi connectivity index (χ0n) is 23.3. The van der Waals surface area contributed by atoms with Gasteiger partial charge in [-0.05, 0) is 31.0 Å². The van der Waals surface area contributed by atoms with E-state index in [2.05, 4.69) is 15.6 Å². The average Bonchev–Trinajstić information content (AvgIpc) is 3.17. The van der Waals surface area contributed by atoms with E-state index >= 15 is 0 Å². The highest BCUT2D eigenvalue weighted by atomic mass is 35.5. The standard InChI is InChI=1S/C27H38ClN7O5/c1-34(19-12-14-35(2,15-13-19)22(23(36)37)24(38)39)27-32-25(29-17-8-6-4-5-7-9-17)31-26(33-27)30-18-10-11-21(40-3)20(28)16-18/h10-11,16-17,19,22H,4-9,12-15H2,1-3H3,(H3-,29,30,31,32,33,36,37,38,39)/p+1. The molecule has 2 aromatic rings. The van der Waals surface area contributed by atoms with Crippen LogP contribution in [0, 0.1) is 0 Å². The topological polar surface area (TPSA) is 150 Å². The number of benzene rings is 1. The van der Waals surface area contributed by atoms with Crippen molar-refractivity contribution >= 4 is 47.1 Å². The Morgan fingerprint density at radius 1 is 1.02 bits per heavy atom. The second-order valence-corrected chi connectivity index (χ2v) is 11.3. The molecule has 0 bridgehead atoms. The van der Waals surface area contributed by atoms with Crippen molar-refractivity contribution in [3.63, 3.8) is 0 Å². The second kappa shape index (κ2) is 12.9. The third kappa shape index (κ3) is 7.03. The van der Waals surface area contributed by atoms with Crippen LogP contribution >= 0.6 is 11.6 Å². The molecule has 218 valence electrons. The molecule has 1 saturated heterocycles. The van der Waals surface area contributed by atoms with Crippen LogP contribution in [-0.2, 0) is 9.59 Å². The number of aliphatic carboxylic acids is 2. The highest BCUT2D eigenvalue weighted by Crippen LogP contribution is 2.30. The maximum atomic E-state index is 11.7. The monoisotopic (exact) mass is 576 g/mol. The summed E-state index contributed by atoms with van der Waals surface area (Å²) in [5, 5.41) is 26.3. The first-order valence-corrected chi connectivity index (χ1v) is 14.1. The van der Waals surface area contributed by atoms with E-state index in [9.17, 15) is 19.8 Å². The molecule has 0 amide bonds. The van der Waals surface area contributed by atoms with E-state index in [1.807, 2.05) is 18.0 Å². The number of aromatic nitrogens is 3. The van der Waals surface area contributed by atoms with Gasteiger partial charge in [0, 0.05) is 37.7 Å². The summed E-state index contributed by atoms with van der Waals surface area (Å²) in [4.78, 5) is 39.5. The molecule has 2 heterocycles. The van der Waals surface area contributed by atoms with Crippen LogP contribution in [0.25, 0.3) is 0 Å². The number of likely N-dealkylation sites (N-methyl/N-ethyl adjacent to an activating group) is 1. The fourth-order valence-corrected chi connectivity index (χ4v) is 5.97. The predicted molar refractivity (Wildman–Crippen MR) is 153 cm³/mol. The molecule has 0 radical (unpaired) electrons. The molecule has 1 aromatic carbocycles. The van der Waals surface area contributed by atoms with E-state index < -0.39 is 18.0 Å². The Morgan fingerprint density at radius 2 is 1.65 bits per heavy atom. The van der Waals surface area contributed by atoms with Crippen LogP contribution < -0.4 is 20.3 Å². The number of rotatable bonds is 10. The Kier molecular flexibility index (Phi) is 9.52. The van der Waals surface area contributed by atoms with E-state index in [4.69, 9.17) is 26.3 Å². The van der Waals surface area contributed by atoms with Gasteiger partial charge < -0.3 is 35.0 Å². The van der Waals surface area contributed by atoms with E-state index in [0.717, 1.165) is 25.7 Å². The number of anilines is 4. The molecule has 1 saturated carbocycles.